The van der Waals surface area contributed by atoms with Crippen LogP contribution in [0.5, 0.6) is 0 Å². The second-order valence-corrected chi connectivity index (χ2v) is 4.01. The number of amides is 1. The smallest absolute Gasteiger partial charge is 0.220 e. The minimum Gasteiger partial charge on any atom is -0.351 e. The topological polar surface area (TPSA) is 60.5 Å². The Labute approximate surface area is 100 Å². The molecule has 1 aliphatic rings. The van der Waals surface area contributed by atoms with Gasteiger partial charge in [-0.1, -0.05) is 6.07 Å². The third-order valence-electron chi connectivity index (χ3n) is 3.15. The van der Waals surface area contributed by atoms with E-state index in [0.29, 0.717) is 12.8 Å². The molecule has 5 nitrogen and oxygen atoms in total. The molecule has 1 unspecified atom stereocenters. The monoisotopic (exact) mass is 236 g/mol. The SMILES string of the molecule is COC1(OC)CCC(=O)NC1c1cccnc1. The molecule has 1 aliphatic heterocycles. The third kappa shape index (κ3) is 2.16. The van der Waals surface area contributed by atoms with Crippen LogP contribution in [0.1, 0.15) is 24.4 Å². The average molecular weight is 236 g/mol. The Kier molecular flexibility index (Phi) is 3.40. The van der Waals surface area contributed by atoms with Crippen LogP contribution >= 0.6 is 0 Å². The van der Waals surface area contributed by atoms with Crippen LogP contribution in [0, 0.1) is 0 Å². The van der Waals surface area contributed by atoms with E-state index in [0.717, 1.165) is 5.56 Å². The molecule has 0 aromatic carbocycles. The largest absolute Gasteiger partial charge is 0.351 e. The van der Waals surface area contributed by atoms with Crippen molar-refractivity contribution in [1.82, 2.24) is 10.3 Å². The van der Waals surface area contributed by atoms with E-state index in [-0.39, 0.29) is 11.9 Å². The van der Waals surface area contributed by atoms with Crippen molar-refractivity contribution in [3.05, 3.63) is 30.1 Å². The predicted molar refractivity (Wildman–Crippen MR) is 61.1 cm³/mol. The Morgan fingerprint density at radius 1 is 1.47 bits per heavy atom. The number of nitrogens with one attached hydrogen (secondary N) is 1. The third-order valence-corrected chi connectivity index (χ3v) is 3.15. The maximum absolute atomic E-state index is 11.5. The van der Waals surface area contributed by atoms with Crippen LogP contribution in [-0.2, 0) is 14.3 Å². The number of pyridine rings is 1. The lowest BCUT2D eigenvalue weighted by Crippen LogP contribution is -2.53. The number of hydrogen-bond acceptors (Lipinski definition) is 4. The number of piperidine rings is 1. The normalized spacial score (nSPS) is 23.2. The molecule has 5 heteroatoms. The van der Waals surface area contributed by atoms with Gasteiger partial charge in [0.15, 0.2) is 5.79 Å². The van der Waals surface area contributed by atoms with Gasteiger partial charge in [0.25, 0.3) is 0 Å². The van der Waals surface area contributed by atoms with Crippen molar-refractivity contribution in [1.29, 1.82) is 0 Å². The lowest BCUT2D eigenvalue weighted by atomic mass is 9.91. The summed E-state index contributed by atoms with van der Waals surface area (Å²) in [6.45, 7) is 0. The van der Waals surface area contributed by atoms with Crippen molar-refractivity contribution in [3.63, 3.8) is 0 Å². The van der Waals surface area contributed by atoms with Gasteiger partial charge in [-0.2, -0.15) is 0 Å². The first-order valence-electron chi connectivity index (χ1n) is 5.51. The number of carbonyl (C=O) groups is 1. The Bertz CT molecular complexity index is 390. The zero-order chi connectivity index (χ0) is 12.3. The van der Waals surface area contributed by atoms with Gasteiger partial charge in [0.1, 0.15) is 6.04 Å². The van der Waals surface area contributed by atoms with Gasteiger partial charge in [-0.3, -0.25) is 9.78 Å². The summed E-state index contributed by atoms with van der Waals surface area (Å²) in [5, 5.41) is 2.90. The van der Waals surface area contributed by atoms with Gasteiger partial charge < -0.3 is 14.8 Å². The first-order chi connectivity index (χ1) is 8.22. The summed E-state index contributed by atoms with van der Waals surface area (Å²) in [5.41, 5.74) is 0.879. The van der Waals surface area contributed by atoms with Gasteiger partial charge >= 0.3 is 0 Å². The zero-order valence-electron chi connectivity index (χ0n) is 9.97. The molecule has 17 heavy (non-hydrogen) atoms. The van der Waals surface area contributed by atoms with Crippen LogP contribution in [0.3, 0.4) is 0 Å². The molecule has 2 rings (SSSR count). The maximum Gasteiger partial charge on any atom is 0.220 e. The van der Waals surface area contributed by atoms with Crippen LogP contribution < -0.4 is 5.32 Å². The fraction of sp³-hybridized carbons (Fsp3) is 0.500. The summed E-state index contributed by atoms with van der Waals surface area (Å²) in [6.07, 6.45) is 4.34. The van der Waals surface area contributed by atoms with Gasteiger partial charge in [0.2, 0.25) is 5.91 Å². The molecule has 1 aromatic rings. The molecule has 1 N–H and O–H groups in total. The predicted octanol–water partition coefficient (Wildman–Crippen LogP) is 1.02. The number of aromatic nitrogens is 1. The van der Waals surface area contributed by atoms with Gasteiger partial charge in [-0.05, 0) is 11.6 Å². The second kappa shape index (κ2) is 4.81. The van der Waals surface area contributed by atoms with Crippen molar-refractivity contribution in [2.45, 2.75) is 24.7 Å². The molecule has 0 aliphatic carbocycles. The highest BCUT2D eigenvalue weighted by atomic mass is 16.7. The van der Waals surface area contributed by atoms with Gasteiger partial charge in [0.05, 0.1) is 0 Å². The molecule has 0 bridgehead atoms. The van der Waals surface area contributed by atoms with E-state index >= 15 is 0 Å². The molecule has 0 radical (unpaired) electrons. The fourth-order valence-corrected chi connectivity index (χ4v) is 2.18. The zero-order valence-corrected chi connectivity index (χ0v) is 9.97. The summed E-state index contributed by atoms with van der Waals surface area (Å²) >= 11 is 0. The van der Waals surface area contributed by atoms with Crippen LogP contribution in [0.4, 0.5) is 0 Å². The minimum absolute atomic E-state index is 0.00331. The molecular weight excluding hydrogens is 220 g/mol. The molecule has 1 amide bonds. The molecule has 92 valence electrons. The Morgan fingerprint density at radius 3 is 2.82 bits per heavy atom. The average Bonchev–Trinajstić information content (AvgIpc) is 2.40. The van der Waals surface area contributed by atoms with Crippen molar-refractivity contribution < 1.29 is 14.3 Å². The van der Waals surface area contributed by atoms with Gasteiger partial charge in [-0.15, -0.1) is 0 Å². The molecule has 1 saturated heterocycles. The Hall–Kier alpha value is -1.46. The van der Waals surface area contributed by atoms with E-state index in [1.54, 1.807) is 26.6 Å². The summed E-state index contributed by atoms with van der Waals surface area (Å²) in [6, 6.07) is 3.40. The van der Waals surface area contributed by atoms with Gasteiger partial charge in [-0.25, -0.2) is 0 Å². The fourth-order valence-electron chi connectivity index (χ4n) is 2.18. The Morgan fingerprint density at radius 2 is 2.24 bits per heavy atom. The molecule has 2 heterocycles. The van der Waals surface area contributed by atoms with Gasteiger partial charge in [0, 0.05) is 39.5 Å². The summed E-state index contributed by atoms with van der Waals surface area (Å²) in [7, 11) is 3.18. The molecule has 0 saturated carbocycles. The number of rotatable bonds is 3. The van der Waals surface area contributed by atoms with Crippen LogP contribution in [-0.4, -0.2) is 30.9 Å². The lowest BCUT2D eigenvalue weighted by Gasteiger charge is -2.41. The molecule has 1 aromatic heterocycles. The van der Waals surface area contributed by atoms with E-state index in [1.807, 2.05) is 12.1 Å². The molecular formula is C12H16N2O3. The highest BCUT2D eigenvalue weighted by Gasteiger charge is 2.44. The van der Waals surface area contributed by atoms with E-state index in [2.05, 4.69) is 10.3 Å². The second-order valence-electron chi connectivity index (χ2n) is 4.01. The number of methoxy groups -OCH3 is 2. The summed E-state index contributed by atoms with van der Waals surface area (Å²) < 4.78 is 11.0. The van der Waals surface area contributed by atoms with E-state index in [4.69, 9.17) is 9.47 Å². The lowest BCUT2D eigenvalue weighted by molar-refractivity contribution is -0.238. The van der Waals surface area contributed by atoms with Crippen molar-refractivity contribution in [2.75, 3.05) is 14.2 Å². The van der Waals surface area contributed by atoms with Crippen molar-refractivity contribution >= 4 is 5.91 Å². The van der Waals surface area contributed by atoms with E-state index in [9.17, 15) is 4.79 Å². The van der Waals surface area contributed by atoms with Crippen molar-refractivity contribution in [2.24, 2.45) is 0 Å². The number of nitrogens with zero attached hydrogens (tertiary/aromatic N) is 1. The first-order valence-corrected chi connectivity index (χ1v) is 5.51. The maximum atomic E-state index is 11.5. The Balaban J connectivity index is 2.35. The van der Waals surface area contributed by atoms with Crippen LogP contribution in [0.2, 0.25) is 0 Å². The quantitative estimate of drug-likeness (QED) is 0.796. The standard InChI is InChI=1S/C12H16N2O3/c1-16-12(17-2)6-5-10(15)14-11(12)9-4-3-7-13-8-9/h3-4,7-8,11H,5-6H2,1-2H3,(H,14,15). The van der Waals surface area contributed by atoms with Crippen LogP contribution in [0.25, 0.3) is 0 Å². The van der Waals surface area contributed by atoms with E-state index < -0.39 is 5.79 Å². The van der Waals surface area contributed by atoms with Crippen LogP contribution in [0.15, 0.2) is 24.5 Å². The summed E-state index contributed by atoms with van der Waals surface area (Å²) in [5.74, 6) is -0.805. The number of hydrogen-bond donors (Lipinski definition) is 1. The van der Waals surface area contributed by atoms with E-state index in [1.165, 1.54) is 0 Å². The molecule has 1 fully saturated rings. The summed E-state index contributed by atoms with van der Waals surface area (Å²) in [4.78, 5) is 15.6. The number of ether oxygens (including phenoxy) is 2. The molecule has 0 spiro atoms. The van der Waals surface area contributed by atoms with Crippen molar-refractivity contribution in [3.8, 4) is 0 Å². The highest BCUT2D eigenvalue weighted by molar-refractivity contribution is 5.77. The molecule has 1 atom stereocenters. The minimum atomic E-state index is -0.809. The number of carbonyl (C=O) groups excluding carboxylic acids is 1. The first kappa shape index (κ1) is 12.0. The highest BCUT2D eigenvalue weighted by Crippen LogP contribution is 2.36.